The number of hydrogen-bond acceptors (Lipinski definition) is 4. The van der Waals surface area contributed by atoms with E-state index < -0.39 is 0 Å². The van der Waals surface area contributed by atoms with Crippen LogP contribution in [-0.2, 0) is 4.79 Å². The van der Waals surface area contributed by atoms with E-state index in [1.807, 2.05) is 13.0 Å². The van der Waals surface area contributed by atoms with Crippen molar-refractivity contribution in [3.63, 3.8) is 0 Å². The molecule has 122 valence electrons. The minimum atomic E-state index is -0.263. The van der Waals surface area contributed by atoms with Gasteiger partial charge in [0.15, 0.2) is 0 Å². The number of thiophene rings is 1. The molecule has 2 rings (SSSR count). The van der Waals surface area contributed by atoms with Gasteiger partial charge in [0, 0.05) is 9.90 Å². The minimum absolute atomic E-state index is 0.0626. The van der Waals surface area contributed by atoms with Gasteiger partial charge in [0.1, 0.15) is 12.4 Å². The first-order valence-corrected chi connectivity index (χ1v) is 8.24. The van der Waals surface area contributed by atoms with Gasteiger partial charge < -0.3 is 15.4 Å². The average Bonchev–Trinajstić information content (AvgIpc) is 2.96. The molecule has 0 unspecified atom stereocenters. The van der Waals surface area contributed by atoms with Gasteiger partial charge in [-0.3, -0.25) is 9.59 Å². The molecule has 2 amide bonds. The molecule has 0 saturated heterocycles. The van der Waals surface area contributed by atoms with Crippen LogP contribution in [0.3, 0.4) is 0 Å². The lowest BCUT2D eigenvalue weighted by Crippen LogP contribution is -2.38. The van der Waals surface area contributed by atoms with Gasteiger partial charge in [0.2, 0.25) is 5.91 Å². The molecule has 0 aliphatic carbocycles. The predicted octanol–water partition coefficient (Wildman–Crippen LogP) is 2.63. The lowest BCUT2D eigenvalue weighted by atomic mass is 10.3. The zero-order valence-corrected chi connectivity index (χ0v) is 14.2. The van der Waals surface area contributed by atoms with Gasteiger partial charge >= 0.3 is 0 Å². The molecule has 1 aromatic heterocycles. The minimum Gasteiger partial charge on any atom is -0.492 e. The molecule has 0 radical (unpaired) electrons. The highest BCUT2D eigenvalue weighted by atomic mass is 35.5. The van der Waals surface area contributed by atoms with E-state index in [4.69, 9.17) is 16.3 Å². The Morgan fingerprint density at radius 3 is 2.74 bits per heavy atom. The fraction of sp³-hybridized carbons (Fsp3) is 0.250. The number of carbonyl (C=O) groups excluding carboxylic acids is 2. The molecule has 23 heavy (non-hydrogen) atoms. The van der Waals surface area contributed by atoms with Crippen LogP contribution in [0.5, 0.6) is 5.75 Å². The quantitative estimate of drug-likeness (QED) is 0.753. The maximum atomic E-state index is 11.8. The molecule has 0 bridgehead atoms. The summed E-state index contributed by atoms with van der Waals surface area (Å²) in [4.78, 5) is 25.1. The summed E-state index contributed by atoms with van der Waals surface area (Å²) in [5, 5.41) is 5.85. The predicted molar refractivity (Wildman–Crippen MR) is 91.3 cm³/mol. The third kappa shape index (κ3) is 5.92. The molecule has 0 atom stereocenters. The van der Waals surface area contributed by atoms with Crippen molar-refractivity contribution in [3.8, 4) is 5.75 Å². The highest BCUT2D eigenvalue weighted by molar-refractivity contribution is 7.13. The van der Waals surface area contributed by atoms with Crippen LogP contribution in [0.2, 0.25) is 5.02 Å². The summed E-state index contributed by atoms with van der Waals surface area (Å²) < 4.78 is 5.45. The Kier molecular flexibility index (Phi) is 6.43. The number of carbonyl (C=O) groups is 2. The summed E-state index contributed by atoms with van der Waals surface area (Å²) >= 11 is 7.24. The van der Waals surface area contributed by atoms with Crippen molar-refractivity contribution in [1.29, 1.82) is 0 Å². The number of rotatable bonds is 7. The Morgan fingerprint density at radius 1 is 1.22 bits per heavy atom. The fourth-order valence-electron chi connectivity index (χ4n) is 1.78. The van der Waals surface area contributed by atoms with Crippen LogP contribution in [-0.4, -0.2) is 31.5 Å². The van der Waals surface area contributed by atoms with Crippen LogP contribution in [0, 0.1) is 6.92 Å². The topological polar surface area (TPSA) is 67.4 Å². The van der Waals surface area contributed by atoms with Crippen LogP contribution in [0.15, 0.2) is 36.4 Å². The molecule has 7 heteroatoms. The molecule has 1 aromatic carbocycles. The van der Waals surface area contributed by atoms with Gasteiger partial charge in [-0.1, -0.05) is 17.7 Å². The Labute approximate surface area is 143 Å². The molecule has 0 aliphatic heterocycles. The number of aryl methyl sites for hydroxylation is 1. The largest absolute Gasteiger partial charge is 0.492 e. The van der Waals surface area contributed by atoms with E-state index in [1.165, 1.54) is 11.3 Å². The monoisotopic (exact) mass is 352 g/mol. The molecule has 5 nitrogen and oxygen atoms in total. The van der Waals surface area contributed by atoms with Gasteiger partial charge in [0.25, 0.3) is 5.91 Å². The second kappa shape index (κ2) is 8.55. The van der Waals surface area contributed by atoms with Crippen molar-refractivity contribution >= 4 is 34.8 Å². The lowest BCUT2D eigenvalue weighted by Gasteiger charge is -2.08. The molecule has 0 spiro atoms. The van der Waals surface area contributed by atoms with Crippen LogP contribution >= 0.6 is 22.9 Å². The van der Waals surface area contributed by atoms with Crippen molar-refractivity contribution in [2.45, 2.75) is 6.92 Å². The first-order valence-electron chi connectivity index (χ1n) is 7.04. The SMILES string of the molecule is Cc1ccc(C(=O)NCC(=O)NCCOc2cccc(Cl)c2)s1. The zero-order valence-electron chi connectivity index (χ0n) is 12.6. The van der Waals surface area contributed by atoms with Crippen molar-refractivity contribution in [2.24, 2.45) is 0 Å². The van der Waals surface area contributed by atoms with E-state index >= 15 is 0 Å². The van der Waals surface area contributed by atoms with Crippen LogP contribution in [0.4, 0.5) is 0 Å². The van der Waals surface area contributed by atoms with Crippen molar-refractivity contribution in [3.05, 3.63) is 51.2 Å². The second-order valence-electron chi connectivity index (χ2n) is 4.75. The van der Waals surface area contributed by atoms with E-state index in [0.717, 1.165) is 4.88 Å². The molecule has 0 aliphatic rings. The maximum Gasteiger partial charge on any atom is 0.261 e. The van der Waals surface area contributed by atoms with Gasteiger partial charge in [-0.25, -0.2) is 0 Å². The van der Waals surface area contributed by atoms with Gasteiger partial charge in [-0.05, 0) is 37.3 Å². The number of amides is 2. The lowest BCUT2D eigenvalue weighted by molar-refractivity contribution is -0.120. The maximum absolute atomic E-state index is 11.8. The first kappa shape index (κ1) is 17.3. The smallest absolute Gasteiger partial charge is 0.261 e. The molecule has 2 N–H and O–H groups in total. The number of benzene rings is 1. The van der Waals surface area contributed by atoms with E-state index in [-0.39, 0.29) is 18.4 Å². The van der Waals surface area contributed by atoms with E-state index in [1.54, 1.807) is 30.3 Å². The number of nitrogens with one attached hydrogen (secondary N) is 2. The average molecular weight is 353 g/mol. The van der Waals surface area contributed by atoms with Gasteiger partial charge in [-0.2, -0.15) is 0 Å². The first-order chi connectivity index (χ1) is 11.0. The van der Waals surface area contributed by atoms with Crippen LogP contribution in [0.1, 0.15) is 14.5 Å². The Hall–Kier alpha value is -2.05. The Morgan fingerprint density at radius 2 is 2.04 bits per heavy atom. The molecule has 1 heterocycles. The van der Waals surface area contributed by atoms with E-state index in [9.17, 15) is 9.59 Å². The summed E-state index contributed by atoms with van der Waals surface area (Å²) in [6, 6.07) is 10.6. The third-order valence-electron chi connectivity index (χ3n) is 2.86. The third-order valence-corrected chi connectivity index (χ3v) is 4.10. The summed E-state index contributed by atoms with van der Waals surface area (Å²) in [6.07, 6.45) is 0. The molecule has 2 aromatic rings. The molecule has 0 saturated carbocycles. The molecular formula is C16H17ClN2O3S. The van der Waals surface area contributed by atoms with E-state index in [2.05, 4.69) is 10.6 Å². The van der Waals surface area contributed by atoms with Crippen molar-refractivity contribution in [1.82, 2.24) is 10.6 Å². The number of hydrogen-bond donors (Lipinski definition) is 2. The summed E-state index contributed by atoms with van der Waals surface area (Å²) in [5.74, 6) is 0.142. The van der Waals surface area contributed by atoms with Crippen molar-refractivity contribution in [2.75, 3.05) is 19.7 Å². The fourth-order valence-corrected chi connectivity index (χ4v) is 2.75. The normalized spacial score (nSPS) is 10.2. The molecular weight excluding hydrogens is 336 g/mol. The second-order valence-corrected chi connectivity index (χ2v) is 6.47. The summed E-state index contributed by atoms with van der Waals surface area (Å²) in [7, 11) is 0. The summed E-state index contributed by atoms with van der Waals surface area (Å²) in [6.45, 7) is 2.53. The van der Waals surface area contributed by atoms with Gasteiger partial charge in [0.05, 0.1) is 18.0 Å². The van der Waals surface area contributed by atoms with Crippen molar-refractivity contribution < 1.29 is 14.3 Å². The standard InChI is InChI=1S/C16H17ClN2O3S/c1-11-5-6-14(23-11)16(21)19-10-15(20)18-7-8-22-13-4-2-3-12(17)9-13/h2-6,9H,7-8,10H2,1H3,(H,18,20)(H,19,21). The van der Waals surface area contributed by atoms with Crippen LogP contribution < -0.4 is 15.4 Å². The number of ether oxygens (including phenoxy) is 1. The highest BCUT2D eigenvalue weighted by Crippen LogP contribution is 2.16. The van der Waals surface area contributed by atoms with Crippen LogP contribution in [0.25, 0.3) is 0 Å². The summed E-state index contributed by atoms with van der Waals surface area (Å²) in [5.41, 5.74) is 0. The Bertz CT molecular complexity index is 687. The zero-order chi connectivity index (χ0) is 16.7. The van der Waals surface area contributed by atoms with Gasteiger partial charge in [-0.15, -0.1) is 11.3 Å². The number of halogens is 1. The van der Waals surface area contributed by atoms with E-state index in [0.29, 0.717) is 28.8 Å². The Balaban J connectivity index is 1.62. The highest BCUT2D eigenvalue weighted by Gasteiger charge is 2.09. The molecule has 0 fully saturated rings.